The van der Waals surface area contributed by atoms with Crippen LogP contribution in [0, 0.1) is 17.5 Å². The van der Waals surface area contributed by atoms with Gasteiger partial charge in [-0.25, -0.2) is 18.0 Å². The highest BCUT2D eigenvalue weighted by molar-refractivity contribution is 6.33. The van der Waals surface area contributed by atoms with Gasteiger partial charge in [-0.3, -0.25) is 0 Å². The Morgan fingerprint density at radius 3 is 2.30 bits per heavy atom. The lowest BCUT2D eigenvalue weighted by atomic mass is 10.2. The van der Waals surface area contributed by atoms with Crippen LogP contribution < -0.4 is 5.76 Å². The van der Waals surface area contributed by atoms with Gasteiger partial charge in [-0.2, -0.15) is 4.68 Å². The van der Waals surface area contributed by atoms with E-state index in [1.54, 1.807) is 0 Å². The Labute approximate surface area is 136 Å². The molecule has 0 bridgehead atoms. The maximum Gasteiger partial charge on any atom is 0.442 e. The second-order valence-corrected chi connectivity index (χ2v) is 5.19. The summed E-state index contributed by atoms with van der Waals surface area (Å²) in [5.41, 5.74) is -0.503. The number of aromatic nitrogens is 2. The molecule has 9 heteroatoms. The van der Waals surface area contributed by atoms with E-state index >= 15 is 0 Å². The fraction of sp³-hybridized carbons (Fsp3) is 0. The van der Waals surface area contributed by atoms with E-state index in [2.05, 4.69) is 5.10 Å². The topological polar surface area (TPSA) is 48.0 Å². The van der Waals surface area contributed by atoms with Crippen molar-refractivity contribution in [1.82, 2.24) is 9.78 Å². The zero-order chi connectivity index (χ0) is 16.7. The summed E-state index contributed by atoms with van der Waals surface area (Å²) in [6, 6.07) is 5.42. The molecule has 0 unspecified atom stereocenters. The van der Waals surface area contributed by atoms with E-state index in [9.17, 15) is 18.0 Å². The Balaban J connectivity index is 2.18. The molecule has 0 spiro atoms. The van der Waals surface area contributed by atoms with Gasteiger partial charge in [-0.05, 0) is 12.1 Å². The number of nitrogens with zero attached hydrogens (tertiary/aromatic N) is 2. The molecule has 0 atom stereocenters. The highest BCUT2D eigenvalue weighted by atomic mass is 35.5. The highest BCUT2D eigenvalue weighted by Gasteiger charge is 2.19. The number of hydrogen-bond donors (Lipinski definition) is 0. The number of rotatable bonds is 2. The van der Waals surface area contributed by atoms with E-state index in [0.29, 0.717) is 4.68 Å². The first-order valence-electron chi connectivity index (χ1n) is 6.08. The first-order chi connectivity index (χ1) is 10.9. The summed E-state index contributed by atoms with van der Waals surface area (Å²) in [5, 5.41) is 2.97. The Morgan fingerprint density at radius 1 is 1.04 bits per heavy atom. The lowest BCUT2D eigenvalue weighted by molar-refractivity contribution is 0.510. The van der Waals surface area contributed by atoms with Crippen LogP contribution in [-0.2, 0) is 0 Å². The van der Waals surface area contributed by atoms with Crippen LogP contribution in [0.5, 0.6) is 0 Å². The third-order valence-electron chi connectivity index (χ3n) is 2.94. The second kappa shape index (κ2) is 5.75. The summed E-state index contributed by atoms with van der Waals surface area (Å²) < 4.78 is 46.2. The van der Waals surface area contributed by atoms with Crippen molar-refractivity contribution < 1.29 is 17.6 Å². The molecule has 3 aromatic rings. The zero-order valence-corrected chi connectivity index (χ0v) is 12.5. The average Bonchev–Trinajstić information content (AvgIpc) is 2.85. The van der Waals surface area contributed by atoms with Crippen LogP contribution in [0.25, 0.3) is 17.1 Å². The SMILES string of the molecule is O=c1oc(-c2c(F)cccc2Cl)nn1-c1cc(F)c(Cl)c(F)c1. The van der Waals surface area contributed by atoms with E-state index in [4.69, 9.17) is 27.6 Å². The van der Waals surface area contributed by atoms with Crippen LogP contribution in [0.4, 0.5) is 13.2 Å². The third kappa shape index (κ3) is 2.73. The molecular formula is C14H5Cl2F3N2O2. The molecule has 0 N–H and O–H groups in total. The predicted octanol–water partition coefficient (Wildman–Crippen LogP) is 4.22. The van der Waals surface area contributed by atoms with Crippen LogP contribution in [-0.4, -0.2) is 9.78 Å². The minimum Gasteiger partial charge on any atom is -0.387 e. The van der Waals surface area contributed by atoms with Gasteiger partial charge in [0.25, 0.3) is 5.89 Å². The van der Waals surface area contributed by atoms with Crippen LogP contribution in [0.2, 0.25) is 10.0 Å². The van der Waals surface area contributed by atoms with E-state index < -0.39 is 34.1 Å². The first kappa shape index (κ1) is 15.6. The molecular weight excluding hydrogens is 356 g/mol. The zero-order valence-electron chi connectivity index (χ0n) is 11.0. The standard InChI is InChI=1S/C14H5Cl2F3N2O2/c15-7-2-1-3-8(17)11(7)13-20-21(14(22)23-13)6-4-9(18)12(16)10(19)5-6/h1-5H. The molecule has 0 aliphatic carbocycles. The minimum absolute atomic E-state index is 0.0353. The number of halogens is 5. The van der Waals surface area contributed by atoms with Gasteiger partial charge in [0.2, 0.25) is 0 Å². The monoisotopic (exact) mass is 360 g/mol. The fourth-order valence-electron chi connectivity index (χ4n) is 1.91. The smallest absolute Gasteiger partial charge is 0.387 e. The Kier molecular flexibility index (Phi) is 3.91. The molecule has 0 saturated heterocycles. The van der Waals surface area contributed by atoms with E-state index in [0.717, 1.165) is 18.2 Å². The fourth-order valence-corrected chi connectivity index (χ4v) is 2.26. The summed E-state index contributed by atoms with van der Waals surface area (Å²) in [7, 11) is 0. The van der Waals surface area contributed by atoms with Crippen molar-refractivity contribution in [1.29, 1.82) is 0 Å². The van der Waals surface area contributed by atoms with Crippen molar-refractivity contribution in [3.63, 3.8) is 0 Å². The summed E-state index contributed by atoms with van der Waals surface area (Å²) >= 11 is 11.2. The van der Waals surface area contributed by atoms with Crippen molar-refractivity contribution in [2.24, 2.45) is 0 Å². The van der Waals surface area contributed by atoms with Crippen molar-refractivity contribution in [2.45, 2.75) is 0 Å². The van der Waals surface area contributed by atoms with Crippen LogP contribution in [0.3, 0.4) is 0 Å². The minimum atomic E-state index is -1.08. The van der Waals surface area contributed by atoms with Gasteiger partial charge in [0.15, 0.2) is 0 Å². The Hall–Kier alpha value is -2.25. The summed E-state index contributed by atoms with van der Waals surface area (Å²) in [5.74, 6) is -4.42. The summed E-state index contributed by atoms with van der Waals surface area (Å²) in [6.07, 6.45) is 0. The Bertz CT molecular complexity index is 926. The molecule has 2 aromatic carbocycles. The van der Waals surface area contributed by atoms with Crippen LogP contribution >= 0.6 is 23.2 Å². The molecule has 0 amide bonds. The molecule has 3 rings (SSSR count). The molecule has 118 valence electrons. The largest absolute Gasteiger partial charge is 0.442 e. The quantitative estimate of drug-likeness (QED) is 0.643. The van der Waals surface area contributed by atoms with Gasteiger partial charge in [-0.1, -0.05) is 29.3 Å². The van der Waals surface area contributed by atoms with Gasteiger partial charge in [-0.15, -0.1) is 5.10 Å². The van der Waals surface area contributed by atoms with Crippen molar-refractivity contribution in [3.05, 3.63) is 68.4 Å². The molecule has 4 nitrogen and oxygen atoms in total. The Morgan fingerprint density at radius 2 is 1.70 bits per heavy atom. The van der Waals surface area contributed by atoms with Crippen molar-refractivity contribution in [3.8, 4) is 17.1 Å². The predicted molar refractivity (Wildman–Crippen MR) is 77.4 cm³/mol. The molecule has 0 fully saturated rings. The van der Waals surface area contributed by atoms with E-state index in [-0.39, 0.29) is 16.3 Å². The molecule has 23 heavy (non-hydrogen) atoms. The lowest BCUT2D eigenvalue weighted by Gasteiger charge is -2.02. The van der Waals surface area contributed by atoms with Crippen molar-refractivity contribution in [2.75, 3.05) is 0 Å². The third-order valence-corrected chi connectivity index (χ3v) is 3.61. The van der Waals surface area contributed by atoms with Gasteiger partial charge in [0.05, 0.1) is 16.3 Å². The van der Waals surface area contributed by atoms with Crippen LogP contribution in [0.1, 0.15) is 0 Å². The first-order valence-corrected chi connectivity index (χ1v) is 6.83. The normalized spacial score (nSPS) is 11.0. The maximum absolute atomic E-state index is 13.8. The number of benzene rings is 2. The maximum atomic E-state index is 13.8. The van der Waals surface area contributed by atoms with E-state index in [1.165, 1.54) is 12.1 Å². The average molecular weight is 361 g/mol. The second-order valence-electron chi connectivity index (χ2n) is 4.40. The van der Waals surface area contributed by atoms with Gasteiger partial charge >= 0.3 is 5.76 Å². The highest BCUT2D eigenvalue weighted by Crippen LogP contribution is 2.29. The van der Waals surface area contributed by atoms with Gasteiger partial charge in [0.1, 0.15) is 22.5 Å². The molecule has 0 radical (unpaired) electrons. The van der Waals surface area contributed by atoms with Crippen LogP contribution in [0.15, 0.2) is 39.5 Å². The summed E-state index contributed by atoms with van der Waals surface area (Å²) in [4.78, 5) is 11.8. The molecule has 0 aliphatic rings. The van der Waals surface area contributed by atoms with Crippen molar-refractivity contribution >= 4 is 23.2 Å². The number of hydrogen-bond acceptors (Lipinski definition) is 3. The summed E-state index contributed by atoms with van der Waals surface area (Å²) in [6.45, 7) is 0. The molecule has 1 aromatic heterocycles. The molecule has 0 aliphatic heterocycles. The lowest BCUT2D eigenvalue weighted by Crippen LogP contribution is -2.14. The van der Waals surface area contributed by atoms with E-state index in [1.807, 2.05) is 0 Å². The van der Waals surface area contributed by atoms with Gasteiger partial charge in [0, 0.05) is 12.1 Å². The van der Waals surface area contributed by atoms with Gasteiger partial charge < -0.3 is 4.42 Å². The molecule has 0 saturated carbocycles. The molecule has 1 heterocycles.